The Morgan fingerprint density at radius 3 is 2.92 bits per heavy atom. The Morgan fingerprint density at radius 1 is 1.25 bits per heavy atom. The highest BCUT2D eigenvalue weighted by Gasteiger charge is 2.12. The van der Waals surface area contributed by atoms with Gasteiger partial charge in [-0.25, -0.2) is 0 Å². The first-order valence-corrected chi connectivity index (χ1v) is 9.40. The fourth-order valence-corrected chi connectivity index (χ4v) is 3.45. The Bertz CT molecular complexity index is 800. The molecule has 0 saturated carbocycles. The standard InChI is InChI=1S/C17H17N3O2S2/c1-12-5-2-3-7-14(12)16-19-20-17(22-16)24-11-15(21)18-9-8-13-6-4-10-23-13/h2-7,10H,8-9,11H2,1H3,(H,18,21). The molecule has 0 atom stereocenters. The lowest BCUT2D eigenvalue weighted by Crippen LogP contribution is -2.27. The molecular formula is C17H17N3O2S2. The number of carbonyl (C=O) groups excluding carboxylic acids is 1. The van der Waals surface area contributed by atoms with Gasteiger partial charge >= 0.3 is 0 Å². The normalized spacial score (nSPS) is 10.7. The maximum absolute atomic E-state index is 11.9. The van der Waals surface area contributed by atoms with E-state index < -0.39 is 0 Å². The van der Waals surface area contributed by atoms with Crippen molar-refractivity contribution in [3.05, 3.63) is 52.2 Å². The molecule has 0 radical (unpaired) electrons. The molecule has 2 aromatic heterocycles. The van der Waals surface area contributed by atoms with Gasteiger partial charge < -0.3 is 9.73 Å². The predicted molar refractivity (Wildman–Crippen MR) is 96.2 cm³/mol. The van der Waals surface area contributed by atoms with E-state index in [1.807, 2.05) is 42.6 Å². The highest BCUT2D eigenvalue weighted by Crippen LogP contribution is 2.25. The van der Waals surface area contributed by atoms with Crippen LogP contribution in [0, 0.1) is 6.92 Å². The maximum atomic E-state index is 11.9. The fourth-order valence-electron chi connectivity index (χ4n) is 2.15. The van der Waals surface area contributed by atoms with Crippen LogP contribution in [0.4, 0.5) is 0 Å². The van der Waals surface area contributed by atoms with Crippen LogP contribution in [0.1, 0.15) is 10.4 Å². The summed E-state index contributed by atoms with van der Waals surface area (Å²) in [5.41, 5.74) is 1.99. The van der Waals surface area contributed by atoms with E-state index in [2.05, 4.69) is 21.6 Å². The SMILES string of the molecule is Cc1ccccc1-c1nnc(SCC(=O)NCCc2cccs2)o1. The van der Waals surface area contributed by atoms with E-state index in [9.17, 15) is 4.79 Å². The molecule has 0 spiro atoms. The second-order valence-electron chi connectivity index (χ2n) is 5.16. The zero-order chi connectivity index (χ0) is 16.8. The third-order valence-corrected chi connectivity index (χ3v) is 5.14. The van der Waals surface area contributed by atoms with Crippen molar-refractivity contribution >= 4 is 29.0 Å². The summed E-state index contributed by atoms with van der Waals surface area (Å²) >= 11 is 2.94. The van der Waals surface area contributed by atoms with Crippen LogP contribution in [0.3, 0.4) is 0 Å². The minimum Gasteiger partial charge on any atom is -0.411 e. The lowest BCUT2D eigenvalue weighted by atomic mass is 10.1. The highest BCUT2D eigenvalue weighted by molar-refractivity contribution is 7.99. The Morgan fingerprint density at radius 2 is 2.12 bits per heavy atom. The number of carbonyl (C=O) groups is 1. The van der Waals surface area contributed by atoms with Crippen LogP contribution in [-0.4, -0.2) is 28.4 Å². The summed E-state index contributed by atoms with van der Waals surface area (Å²) in [6.45, 7) is 2.63. The lowest BCUT2D eigenvalue weighted by molar-refractivity contribution is -0.118. The van der Waals surface area contributed by atoms with Gasteiger partial charge in [0.1, 0.15) is 0 Å². The zero-order valence-electron chi connectivity index (χ0n) is 13.2. The van der Waals surface area contributed by atoms with Crippen LogP contribution in [-0.2, 0) is 11.2 Å². The number of nitrogens with one attached hydrogen (secondary N) is 1. The number of hydrogen-bond acceptors (Lipinski definition) is 6. The summed E-state index contributed by atoms with van der Waals surface area (Å²) in [4.78, 5) is 13.1. The quantitative estimate of drug-likeness (QED) is 0.653. The van der Waals surface area contributed by atoms with Crippen molar-refractivity contribution in [1.82, 2.24) is 15.5 Å². The Hall–Kier alpha value is -2.12. The monoisotopic (exact) mass is 359 g/mol. The third-order valence-electron chi connectivity index (χ3n) is 3.38. The van der Waals surface area contributed by atoms with Gasteiger partial charge in [-0.15, -0.1) is 21.5 Å². The Kier molecular flexibility index (Phi) is 5.66. The van der Waals surface area contributed by atoms with E-state index in [0.717, 1.165) is 17.5 Å². The molecule has 0 bridgehead atoms. The molecule has 0 fully saturated rings. The molecular weight excluding hydrogens is 342 g/mol. The van der Waals surface area contributed by atoms with Crippen molar-refractivity contribution in [3.8, 4) is 11.5 Å². The first-order chi connectivity index (χ1) is 11.7. The Labute approximate surface area is 148 Å². The molecule has 3 rings (SSSR count). The van der Waals surface area contributed by atoms with E-state index >= 15 is 0 Å². The first-order valence-electron chi connectivity index (χ1n) is 7.54. The van der Waals surface area contributed by atoms with Gasteiger partial charge in [0, 0.05) is 17.0 Å². The highest BCUT2D eigenvalue weighted by atomic mass is 32.2. The van der Waals surface area contributed by atoms with E-state index in [-0.39, 0.29) is 11.7 Å². The van der Waals surface area contributed by atoms with Gasteiger partial charge in [0.2, 0.25) is 11.8 Å². The van der Waals surface area contributed by atoms with Crippen LogP contribution < -0.4 is 5.32 Å². The van der Waals surface area contributed by atoms with Crippen molar-refractivity contribution in [1.29, 1.82) is 0 Å². The number of rotatable bonds is 7. The minimum absolute atomic E-state index is 0.0350. The lowest BCUT2D eigenvalue weighted by Gasteiger charge is -2.02. The molecule has 0 aliphatic carbocycles. The van der Waals surface area contributed by atoms with E-state index in [0.29, 0.717) is 17.7 Å². The van der Waals surface area contributed by atoms with Gasteiger partial charge in [0.25, 0.3) is 5.22 Å². The zero-order valence-corrected chi connectivity index (χ0v) is 14.8. The van der Waals surface area contributed by atoms with Crippen molar-refractivity contribution in [2.45, 2.75) is 18.6 Å². The summed E-state index contributed by atoms with van der Waals surface area (Å²) in [7, 11) is 0. The maximum Gasteiger partial charge on any atom is 0.277 e. The summed E-state index contributed by atoms with van der Waals surface area (Å²) < 4.78 is 5.63. The topological polar surface area (TPSA) is 68.0 Å². The molecule has 124 valence electrons. The van der Waals surface area contributed by atoms with Gasteiger partial charge in [-0.3, -0.25) is 4.79 Å². The largest absolute Gasteiger partial charge is 0.411 e. The van der Waals surface area contributed by atoms with Crippen molar-refractivity contribution in [2.75, 3.05) is 12.3 Å². The summed E-state index contributed by atoms with van der Waals surface area (Å²) in [6.07, 6.45) is 0.853. The van der Waals surface area contributed by atoms with Gasteiger partial charge in [-0.1, -0.05) is 36.0 Å². The fraction of sp³-hybridized carbons (Fsp3) is 0.235. The molecule has 0 aliphatic heterocycles. The number of aromatic nitrogens is 2. The smallest absolute Gasteiger partial charge is 0.277 e. The van der Waals surface area contributed by atoms with E-state index in [4.69, 9.17) is 4.42 Å². The van der Waals surface area contributed by atoms with Crippen LogP contribution in [0.15, 0.2) is 51.4 Å². The van der Waals surface area contributed by atoms with Gasteiger partial charge in [0.15, 0.2) is 0 Å². The molecule has 0 aliphatic rings. The number of aryl methyl sites for hydroxylation is 1. The minimum atomic E-state index is -0.0350. The predicted octanol–water partition coefficient (Wildman–Crippen LogP) is 3.56. The molecule has 24 heavy (non-hydrogen) atoms. The van der Waals surface area contributed by atoms with Crippen molar-refractivity contribution < 1.29 is 9.21 Å². The van der Waals surface area contributed by atoms with E-state index in [1.165, 1.54) is 16.6 Å². The molecule has 7 heteroatoms. The van der Waals surface area contributed by atoms with Gasteiger partial charge in [-0.05, 0) is 36.4 Å². The van der Waals surface area contributed by atoms with Gasteiger partial charge in [-0.2, -0.15) is 0 Å². The van der Waals surface area contributed by atoms with Crippen LogP contribution >= 0.6 is 23.1 Å². The van der Waals surface area contributed by atoms with Gasteiger partial charge in [0.05, 0.1) is 5.75 Å². The number of amides is 1. The molecule has 1 N–H and O–H groups in total. The molecule has 0 saturated heterocycles. The number of thiophene rings is 1. The number of thioether (sulfide) groups is 1. The average molecular weight is 359 g/mol. The summed E-state index contributed by atoms with van der Waals surface area (Å²) in [6, 6.07) is 11.9. The molecule has 1 amide bonds. The average Bonchev–Trinajstić information content (AvgIpc) is 3.25. The molecule has 1 aromatic carbocycles. The van der Waals surface area contributed by atoms with Crippen molar-refractivity contribution in [2.24, 2.45) is 0 Å². The number of hydrogen-bond donors (Lipinski definition) is 1. The van der Waals surface area contributed by atoms with Crippen LogP contribution in [0.2, 0.25) is 0 Å². The number of benzene rings is 1. The third kappa shape index (κ3) is 4.46. The second kappa shape index (κ2) is 8.12. The second-order valence-corrected chi connectivity index (χ2v) is 7.11. The molecule has 2 heterocycles. The van der Waals surface area contributed by atoms with Crippen LogP contribution in [0.25, 0.3) is 11.5 Å². The van der Waals surface area contributed by atoms with Crippen molar-refractivity contribution in [3.63, 3.8) is 0 Å². The summed E-state index contributed by atoms with van der Waals surface area (Å²) in [5.74, 6) is 0.709. The molecule has 3 aromatic rings. The summed E-state index contributed by atoms with van der Waals surface area (Å²) in [5, 5.41) is 13.4. The number of nitrogens with zero attached hydrogens (tertiary/aromatic N) is 2. The molecule has 0 unspecified atom stereocenters. The van der Waals surface area contributed by atoms with E-state index in [1.54, 1.807) is 11.3 Å². The Balaban J connectivity index is 1.47. The first kappa shape index (κ1) is 16.7. The van der Waals surface area contributed by atoms with Crippen LogP contribution in [0.5, 0.6) is 0 Å². The molecule has 5 nitrogen and oxygen atoms in total.